The Morgan fingerprint density at radius 3 is 2.58 bits per heavy atom. The van der Waals surface area contributed by atoms with Crippen LogP contribution in [0.25, 0.3) is 0 Å². The van der Waals surface area contributed by atoms with Crippen molar-refractivity contribution in [2.24, 2.45) is 0 Å². The molecule has 1 saturated heterocycles. The summed E-state index contributed by atoms with van der Waals surface area (Å²) in [7, 11) is 1.66. The molecular formula is C15H22O4. The molecule has 1 aliphatic heterocycles. The number of aliphatic hydroxyl groups is 1. The van der Waals surface area contributed by atoms with Crippen molar-refractivity contribution in [3.63, 3.8) is 0 Å². The maximum atomic E-state index is 8.82. The summed E-state index contributed by atoms with van der Waals surface area (Å²) >= 11 is 0. The first-order valence-corrected chi connectivity index (χ1v) is 6.80. The Bertz CT molecular complexity index is 363. The predicted octanol–water partition coefficient (Wildman–Crippen LogP) is 2.14. The van der Waals surface area contributed by atoms with E-state index in [1.807, 2.05) is 24.3 Å². The second-order valence-electron chi connectivity index (χ2n) is 4.79. The Morgan fingerprint density at radius 1 is 1.16 bits per heavy atom. The SMILES string of the molecule is COc1ccc(COCCCC[C@@H]2O[C@H]2CO)cc1. The molecule has 1 aliphatic rings. The third kappa shape index (κ3) is 4.82. The van der Waals surface area contributed by atoms with E-state index in [-0.39, 0.29) is 18.8 Å². The standard InChI is InChI=1S/C15H22O4/c1-17-13-7-5-12(6-8-13)11-18-9-3-2-4-14-15(10-16)19-14/h5-8,14-16H,2-4,9-11H2,1H3/t14-,15-/m0/s1. The van der Waals surface area contributed by atoms with E-state index in [1.54, 1.807) is 7.11 Å². The molecule has 1 fully saturated rings. The lowest BCUT2D eigenvalue weighted by atomic mass is 10.1. The van der Waals surface area contributed by atoms with Gasteiger partial charge in [-0.25, -0.2) is 0 Å². The highest BCUT2D eigenvalue weighted by atomic mass is 16.6. The van der Waals surface area contributed by atoms with Gasteiger partial charge in [-0.3, -0.25) is 0 Å². The Morgan fingerprint density at radius 2 is 1.95 bits per heavy atom. The highest BCUT2D eigenvalue weighted by Gasteiger charge is 2.36. The van der Waals surface area contributed by atoms with Crippen LogP contribution in [0.15, 0.2) is 24.3 Å². The van der Waals surface area contributed by atoms with Gasteiger partial charge in [0.15, 0.2) is 0 Å². The van der Waals surface area contributed by atoms with Gasteiger partial charge >= 0.3 is 0 Å². The van der Waals surface area contributed by atoms with E-state index in [4.69, 9.17) is 19.3 Å². The molecule has 0 unspecified atom stereocenters. The van der Waals surface area contributed by atoms with Gasteiger partial charge in [0.1, 0.15) is 11.9 Å². The number of hydrogen-bond acceptors (Lipinski definition) is 4. The van der Waals surface area contributed by atoms with Crippen LogP contribution in [-0.4, -0.2) is 37.6 Å². The van der Waals surface area contributed by atoms with Crippen molar-refractivity contribution in [3.05, 3.63) is 29.8 Å². The summed E-state index contributed by atoms with van der Waals surface area (Å²) in [6.45, 7) is 1.56. The molecule has 2 atom stereocenters. The van der Waals surface area contributed by atoms with Gasteiger partial charge in [-0.15, -0.1) is 0 Å². The fourth-order valence-corrected chi connectivity index (χ4v) is 2.06. The van der Waals surface area contributed by atoms with Crippen LogP contribution in [0.2, 0.25) is 0 Å². The summed E-state index contributed by atoms with van der Waals surface area (Å²) in [5.41, 5.74) is 1.16. The van der Waals surface area contributed by atoms with E-state index in [2.05, 4.69) is 0 Å². The smallest absolute Gasteiger partial charge is 0.118 e. The molecule has 0 saturated carbocycles. The van der Waals surface area contributed by atoms with Crippen LogP contribution in [0, 0.1) is 0 Å². The minimum absolute atomic E-state index is 0.0974. The van der Waals surface area contributed by atoms with Crippen molar-refractivity contribution in [1.82, 2.24) is 0 Å². The molecule has 0 aliphatic carbocycles. The number of epoxide rings is 1. The van der Waals surface area contributed by atoms with E-state index in [9.17, 15) is 0 Å². The molecule has 1 heterocycles. The van der Waals surface area contributed by atoms with Gasteiger partial charge in [-0.1, -0.05) is 12.1 Å². The molecule has 4 heteroatoms. The molecule has 0 bridgehead atoms. The molecule has 0 amide bonds. The third-order valence-corrected chi connectivity index (χ3v) is 3.32. The van der Waals surface area contributed by atoms with Crippen LogP contribution >= 0.6 is 0 Å². The summed E-state index contributed by atoms with van der Waals surface area (Å²) in [6.07, 6.45) is 3.53. The Hall–Kier alpha value is -1.10. The Kier molecular flexibility index (Phi) is 5.63. The largest absolute Gasteiger partial charge is 0.497 e. The fourth-order valence-electron chi connectivity index (χ4n) is 2.06. The molecule has 1 aromatic rings. The van der Waals surface area contributed by atoms with E-state index in [0.29, 0.717) is 6.61 Å². The highest BCUT2D eigenvalue weighted by Crippen LogP contribution is 2.26. The molecule has 106 valence electrons. The molecule has 1 aromatic carbocycles. The lowest BCUT2D eigenvalue weighted by Crippen LogP contribution is -2.00. The molecular weight excluding hydrogens is 244 g/mol. The maximum Gasteiger partial charge on any atom is 0.118 e. The fraction of sp³-hybridized carbons (Fsp3) is 0.600. The lowest BCUT2D eigenvalue weighted by molar-refractivity contribution is 0.116. The van der Waals surface area contributed by atoms with E-state index >= 15 is 0 Å². The highest BCUT2D eigenvalue weighted by molar-refractivity contribution is 5.26. The number of hydrogen-bond donors (Lipinski definition) is 1. The van der Waals surface area contributed by atoms with Crippen LogP contribution < -0.4 is 4.74 Å². The quantitative estimate of drug-likeness (QED) is 0.549. The first kappa shape index (κ1) is 14.3. The van der Waals surface area contributed by atoms with Crippen LogP contribution in [0.3, 0.4) is 0 Å². The van der Waals surface area contributed by atoms with E-state index in [0.717, 1.165) is 37.2 Å². The van der Waals surface area contributed by atoms with Crippen LogP contribution in [0.1, 0.15) is 24.8 Å². The van der Waals surface area contributed by atoms with Gasteiger partial charge in [-0.05, 0) is 37.0 Å². The van der Waals surface area contributed by atoms with E-state index < -0.39 is 0 Å². The lowest BCUT2D eigenvalue weighted by Gasteiger charge is -2.05. The summed E-state index contributed by atoms with van der Waals surface area (Å²) in [5, 5.41) is 8.82. The van der Waals surface area contributed by atoms with Crippen molar-refractivity contribution >= 4 is 0 Å². The summed E-state index contributed by atoms with van der Waals surface area (Å²) in [5.74, 6) is 0.867. The zero-order valence-corrected chi connectivity index (χ0v) is 11.4. The average molecular weight is 266 g/mol. The van der Waals surface area contributed by atoms with Gasteiger partial charge < -0.3 is 19.3 Å². The molecule has 1 N–H and O–H groups in total. The first-order valence-electron chi connectivity index (χ1n) is 6.80. The number of unbranched alkanes of at least 4 members (excludes halogenated alkanes) is 1. The van der Waals surface area contributed by atoms with Crippen LogP contribution in [0.4, 0.5) is 0 Å². The number of methoxy groups -OCH3 is 1. The predicted molar refractivity (Wildman–Crippen MR) is 72.2 cm³/mol. The Labute approximate surface area is 114 Å². The van der Waals surface area contributed by atoms with Crippen LogP contribution in [-0.2, 0) is 16.1 Å². The topological polar surface area (TPSA) is 51.2 Å². The van der Waals surface area contributed by atoms with Crippen molar-refractivity contribution in [2.75, 3.05) is 20.3 Å². The second kappa shape index (κ2) is 7.48. The van der Waals surface area contributed by atoms with Crippen molar-refractivity contribution < 1.29 is 19.3 Å². The molecule has 0 radical (unpaired) electrons. The zero-order chi connectivity index (χ0) is 13.5. The summed E-state index contributed by atoms with van der Waals surface area (Å²) < 4.78 is 16.0. The molecule has 19 heavy (non-hydrogen) atoms. The molecule has 0 aromatic heterocycles. The number of ether oxygens (including phenoxy) is 3. The van der Waals surface area contributed by atoms with Gasteiger partial charge in [0.05, 0.1) is 26.4 Å². The van der Waals surface area contributed by atoms with Crippen molar-refractivity contribution in [1.29, 1.82) is 0 Å². The van der Waals surface area contributed by atoms with Gasteiger partial charge in [0, 0.05) is 6.61 Å². The number of benzene rings is 1. The number of aliphatic hydroxyl groups excluding tert-OH is 1. The Balaban J connectivity index is 1.49. The van der Waals surface area contributed by atoms with Crippen molar-refractivity contribution in [3.8, 4) is 5.75 Å². The summed E-state index contributed by atoms with van der Waals surface area (Å²) in [4.78, 5) is 0. The maximum absolute atomic E-state index is 8.82. The van der Waals surface area contributed by atoms with Crippen LogP contribution in [0.5, 0.6) is 5.75 Å². The average Bonchev–Trinajstić information content (AvgIpc) is 3.22. The summed E-state index contributed by atoms with van der Waals surface area (Å²) in [6, 6.07) is 7.92. The first-order chi connectivity index (χ1) is 9.33. The van der Waals surface area contributed by atoms with Gasteiger partial charge in [0.2, 0.25) is 0 Å². The van der Waals surface area contributed by atoms with Crippen molar-refractivity contribution in [2.45, 2.75) is 38.1 Å². The third-order valence-electron chi connectivity index (χ3n) is 3.32. The van der Waals surface area contributed by atoms with Gasteiger partial charge in [0.25, 0.3) is 0 Å². The second-order valence-corrected chi connectivity index (χ2v) is 4.79. The van der Waals surface area contributed by atoms with E-state index in [1.165, 1.54) is 0 Å². The molecule has 4 nitrogen and oxygen atoms in total. The van der Waals surface area contributed by atoms with Gasteiger partial charge in [-0.2, -0.15) is 0 Å². The minimum Gasteiger partial charge on any atom is -0.497 e. The normalized spacial score (nSPS) is 21.4. The minimum atomic E-state index is 0.0974. The molecule has 2 rings (SSSR count). The zero-order valence-electron chi connectivity index (χ0n) is 11.4. The molecule has 0 spiro atoms. The number of rotatable bonds is 9. The monoisotopic (exact) mass is 266 g/mol.